The lowest BCUT2D eigenvalue weighted by atomic mass is 9.98. The fourth-order valence-corrected chi connectivity index (χ4v) is 3.24. The highest BCUT2D eigenvalue weighted by atomic mass is 32.2. The van der Waals surface area contributed by atoms with E-state index in [1.54, 1.807) is 43.9 Å². The molecule has 0 unspecified atom stereocenters. The smallest absolute Gasteiger partial charge is 0.444 e. The molecule has 0 fully saturated rings. The minimum Gasteiger partial charge on any atom is -0.444 e. The molecule has 0 saturated carbocycles. The van der Waals surface area contributed by atoms with Gasteiger partial charge in [-0.25, -0.2) is 4.79 Å². The van der Waals surface area contributed by atoms with Crippen LogP contribution in [0.4, 0.5) is 18.0 Å². The van der Waals surface area contributed by atoms with Crippen LogP contribution in [0.5, 0.6) is 5.88 Å². The van der Waals surface area contributed by atoms with E-state index in [1.807, 2.05) is 6.08 Å². The normalized spacial score (nSPS) is 15.5. The highest BCUT2D eigenvalue weighted by Crippen LogP contribution is 2.29. The zero-order valence-electron chi connectivity index (χ0n) is 16.9. The third kappa shape index (κ3) is 5.43. The van der Waals surface area contributed by atoms with Crippen LogP contribution in [0.3, 0.4) is 0 Å². The molecule has 1 aliphatic heterocycles. The number of rotatable bonds is 3. The molecule has 2 heterocycles. The summed E-state index contributed by atoms with van der Waals surface area (Å²) in [5, 5.41) is 7.55. The minimum absolute atomic E-state index is 0.352. The maximum atomic E-state index is 12.5. The Morgan fingerprint density at radius 1 is 1.13 bits per heavy atom. The maximum Gasteiger partial charge on any atom is 0.534 e. The molecule has 0 radical (unpaired) electrons. The number of alkyl halides is 3. The van der Waals surface area contributed by atoms with Gasteiger partial charge < -0.3 is 13.8 Å². The fraction of sp³-hybridized carbons (Fsp3) is 0.421. The molecule has 8 nitrogen and oxygen atoms in total. The van der Waals surface area contributed by atoms with Crippen molar-refractivity contribution in [3.05, 3.63) is 35.9 Å². The number of hydrogen-bond donors (Lipinski definition) is 0. The zero-order chi connectivity index (χ0) is 23.0. The van der Waals surface area contributed by atoms with Crippen molar-refractivity contribution in [2.24, 2.45) is 0 Å². The first-order valence-electron chi connectivity index (χ1n) is 9.21. The van der Waals surface area contributed by atoms with Gasteiger partial charge in [-0.2, -0.15) is 21.6 Å². The molecule has 0 bridgehead atoms. The molecule has 1 aliphatic rings. The van der Waals surface area contributed by atoms with Gasteiger partial charge in [0.2, 0.25) is 0 Å². The number of ether oxygens (including phenoxy) is 1. The van der Waals surface area contributed by atoms with Crippen LogP contribution < -0.4 is 4.18 Å². The lowest BCUT2D eigenvalue weighted by Gasteiger charge is -2.29. The first-order valence-corrected chi connectivity index (χ1v) is 10.6. The van der Waals surface area contributed by atoms with Gasteiger partial charge in [0, 0.05) is 24.5 Å². The summed E-state index contributed by atoms with van der Waals surface area (Å²) in [7, 11) is -5.82. The van der Waals surface area contributed by atoms with Gasteiger partial charge in [-0.3, -0.25) is 0 Å². The average Bonchev–Trinajstić information content (AvgIpc) is 2.65. The number of carbonyl (C=O) groups is 1. The van der Waals surface area contributed by atoms with E-state index in [0.29, 0.717) is 30.4 Å². The molecular formula is C19H20F3N3O5S. The van der Waals surface area contributed by atoms with E-state index >= 15 is 0 Å². The molecule has 0 aliphatic carbocycles. The van der Waals surface area contributed by atoms with E-state index in [0.717, 1.165) is 17.2 Å². The largest absolute Gasteiger partial charge is 0.534 e. The summed E-state index contributed by atoms with van der Waals surface area (Å²) in [6.45, 7) is 6.21. The van der Waals surface area contributed by atoms with Crippen LogP contribution in [-0.2, 0) is 14.9 Å². The van der Waals surface area contributed by atoms with Crippen LogP contribution >= 0.6 is 0 Å². The number of hydrogen-bond acceptors (Lipinski definition) is 7. The monoisotopic (exact) mass is 459 g/mol. The summed E-state index contributed by atoms with van der Waals surface area (Å²) in [6.07, 6.45) is 2.06. The number of carbonyl (C=O) groups excluding carboxylic acids is 1. The standard InChI is InChI=1S/C19H20F3N3O5S/c1-18(2,3)29-17(26)25-8-6-12(7-9-25)13-4-5-14-11-16(24-23-15(14)10-13)30-31(27,28)19(20,21)22/h4-6,10-11H,7-9H2,1-3H3. The molecule has 0 N–H and O–H groups in total. The van der Waals surface area contributed by atoms with Crippen molar-refractivity contribution < 1.29 is 35.3 Å². The Labute approximate surface area is 176 Å². The van der Waals surface area contributed by atoms with Crippen molar-refractivity contribution in [3.63, 3.8) is 0 Å². The van der Waals surface area contributed by atoms with Crippen molar-refractivity contribution in [2.45, 2.75) is 38.3 Å². The van der Waals surface area contributed by atoms with Gasteiger partial charge in [0.25, 0.3) is 5.88 Å². The average molecular weight is 459 g/mol. The molecule has 168 valence electrons. The predicted octanol–water partition coefficient (Wildman–Crippen LogP) is 3.88. The van der Waals surface area contributed by atoms with Crippen molar-refractivity contribution in [2.75, 3.05) is 13.1 Å². The number of aromatic nitrogens is 2. The molecule has 2 aromatic rings. The van der Waals surface area contributed by atoms with Crippen LogP contribution in [0.1, 0.15) is 32.8 Å². The van der Waals surface area contributed by atoms with Crippen molar-refractivity contribution >= 4 is 32.7 Å². The second-order valence-corrected chi connectivity index (χ2v) is 9.38. The number of amides is 1. The number of halogens is 3. The van der Waals surface area contributed by atoms with Crippen LogP contribution in [0.2, 0.25) is 0 Å². The molecule has 0 saturated heterocycles. The van der Waals surface area contributed by atoms with E-state index < -0.39 is 33.2 Å². The Balaban J connectivity index is 1.76. The Morgan fingerprint density at radius 3 is 2.42 bits per heavy atom. The van der Waals surface area contributed by atoms with Gasteiger partial charge in [-0.05, 0) is 44.4 Å². The quantitative estimate of drug-likeness (QED) is 0.507. The van der Waals surface area contributed by atoms with Crippen molar-refractivity contribution in [3.8, 4) is 5.88 Å². The van der Waals surface area contributed by atoms with E-state index in [1.165, 1.54) is 0 Å². The Morgan fingerprint density at radius 2 is 1.84 bits per heavy atom. The van der Waals surface area contributed by atoms with Gasteiger partial charge in [-0.1, -0.05) is 18.2 Å². The van der Waals surface area contributed by atoms with Gasteiger partial charge in [0.05, 0.1) is 5.52 Å². The Bertz CT molecular complexity index is 1140. The lowest BCUT2D eigenvalue weighted by molar-refractivity contribution is -0.0501. The zero-order valence-corrected chi connectivity index (χ0v) is 17.7. The van der Waals surface area contributed by atoms with Gasteiger partial charge in [0.1, 0.15) is 5.60 Å². The van der Waals surface area contributed by atoms with Gasteiger partial charge in [0.15, 0.2) is 0 Å². The topological polar surface area (TPSA) is 98.7 Å². The Hall–Kier alpha value is -2.89. The SMILES string of the molecule is CC(C)(C)OC(=O)N1CC=C(c2ccc3cc(OS(=O)(=O)C(F)(F)F)nnc3c2)CC1. The summed E-state index contributed by atoms with van der Waals surface area (Å²) in [4.78, 5) is 13.7. The van der Waals surface area contributed by atoms with Crippen molar-refractivity contribution in [1.82, 2.24) is 15.1 Å². The lowest BCUT2D eigenvalue weighted by Crippen LogP contribution is -2.39. The number of fused-ring (bicyclic) bond motifs is 1. The van der Waals surface area contributed by atoms with Crippen molar-refractivity contribution in [1.29, 1.82) is 0 Å². The predicted molar refractivity (Wildman–Crippen MR) is 106 cm³/mol. The fourth-order valence-electron chi connectivity index (χ4n) is 2.84. The van der Waals surface area contributed by atoms with Gasteiger partial charge in [-0.15, -0.1) is 10.2 Å². The summed E-state index contributed by atoms with van der Waals surface area (Å²) >= 11 is 0. The molecular weight excluding hydrogens is 439 g/mol. The molecule has 1 aromatic heterocycles. The first-order chi connectivity index (χ1) is 14.2. The third-order valence-electron chi connectivity index (χ3n) is 4.28. The van der Waals surface area contributed by atoms with Crippen LogP contribution in [0.15, 0.2) is 30.3 Å². The molecule has 31 heavy (non-hydrogen) atoms. The molecule has 1 aromatic carbocycles. The second-order valence-electron chi connectivity index (χ2n) is 7.85. The first kappa shape index (κ1) is 22.8. The maximum absolute atomic E-state index is 12.5. The summed E-state index contributed by atoms with van der Waals surface area (Å²) in [5.41, 5.74) is -4.02. The van der Waals surface area contributed by atoms with E-state index in [4.69, 9.17) is 4.74 Å². The summed E-state index contributed by atoms with van der Waals surface area (Å²) in [6, 6.07) is 6.04. The van der Waals surface area contributed by atoms with Crippen LogP contribution in [-0.4, -0.2) is 53.8 Å². The Kier molecular flexibility index (Phi) is 5.87. The molecule has 12 heteroatoms. The van der Waals surface area contributed by atoms with E-state index in [-0.39, 0.29) is 0 Å². The molecule has 0 atom stereocenters. The minimum atomic E-state index is -5.82. The molecule has 3 rings (SSSR count). The highest BCUT2D eigenvalue weighted by Gasteiger charge is 2.49. The van der Waals surface area contributed by atoms with E-state index in [9.17, 15) is 26.4 Å². The van der Waals surface area contributed by atoms with Crippen LogP contribution in [0.25, 0.3) is 16.5 Å². The van der Waals surface area contributed by atoms with Gasteiger partial charge >= 0.3 is 21.7 Å². The van der Waals surface area contributed by atoms with Crippen LogP contribution in [0, 0.1) is 0 Å². The highest BCUT2D eigenvalue weighted by molar-refractivity contribution is 7.87. The number of benzene rings is 1. The summed E-state index contributed by atoms with van der Waals surface area (Å²) in [5.74, 6) is -0.776. The molecule has 0 spiro atoms. The summed E-state index contributed by atoms with van der Waals surface area (Å²) < 4.78 is 68.9. The third-order valence-corrected chi connectivity index (χ3v) is 5.23. The van der Waals surface area contributed by atoms with E-state index in [2.05, 4.69) is 14.4 Å². The second kappa shape index (κ2) is 7.98. The number of nitrogens with zero attached hydrogens (tertiary/aromatic N) is 3. The molecule has 1 amide bonds.